The molecule has 2 N–H and O–H groups in total. The number of amides is 1. The Labute approximate surface area is 79.8 Å². The molecule has 1 aromatic carbocycles. The van der Waals surface area contributed by atoms with Crippen molar-refractivity contribution in [3.05, 3.63) is 40.7 Å². The number of primary amides is 1. The average molecular weight is 200 g/mol. The van der Waals surface area contributed by atoms with Crippen LogP contribution in [-0.4, -0.2) is 5.91 Å². The molecule has 0 heterocycles. The summed E-state index contributed by atoms with van der Waals surface area (Å²) in [6, 6.07) is 4.14. The van der Waals surface area contributed by atoms with Gasteiger partial charge in [-0.2, -0.15) is 0 Å². The second-order valence-corrected chi connectivity index (χ2v) is 2.82. The lowest BCUT2D eigenvalue weighted by atomic mass is 10.2. The standard InChI is InChI=1S/C9H7ClFNO/c10-7-5-6(1-3-8(7)11)2-4-9(12)13/h1-5H,(H2,12,13)/b4-2-. The lowest BCUT2D eigenvalue weighted by Crippen LogP contribution is -2.05. The van der Waals surface area contributed by atoms with Crippen LogP contribution < -0.4 is 5.73 Å². The van der Waals surface area contributed by atoms with E-state index in [-0.39, 0.29) is 5.02 Å². The first-order valence-electron chi connectivity index (χ1n) is 3.52. The SMILES string of the molecule is NC(=O)/C=C\c1ccc(F)c(Cl)c1. The molecule has 0 aromatic heterocycles. The van der Waals surface area contributed by atoms with Crippen LogP contribution in [0, 0.1) is 5.82 Å². The first kappa shape index (κ1) is 9.74. The van der Waals surface area contributed by atoms with Crippen LogP contribution in [0.15, 0.2) is 24.3 Å². The van der Waals surface area contributed by atoms with Gasteiger partial charge >= 0.3 is 0 Å². The molecule has 0 saturated carbocycles. The number of nitrogens with two attached hydrogens (primary N) is 1. The molecule has 1 amide bonds. The number of rotatable bonds is 2. The van der Waals surface area contributed by atoms with Gasteiger partial charge in [0.15, 0.2) is 0 Å². The number of carbonyl (C=O) groups excluding carboxylic acids is 1. The summed E-state index contributed by atoms with van der Waals surface area (Å²) in [5, 5.41) is 0.0200. The molecule has 0 radical (unpaired) electrons. The van der Waals surface area contributed by atoms with Crippen LogP contribution in [0.4, 0.5) is 4.39 Å². The smallest absolute Gasteiger partial charge is 0.241 e. The van der Waals surface area contributed by atoms with Crippen LogP contribution in [0.2, 0.25) is 5.02 Å². The molecule has 0 aliphatic rings. The summed E-state index contributed by atoms with van der Waals surface area (Å²) in [5.74, 6) is -1.04. The molecule has 13 heavy (non-hydrogen) atoms. The molecule has 1 aromatic rings. The van der Waals surface area contributed by atoms with Gasteiger partial charge in [0.1, 0.15) is 5.82 Å². The fraction of sp³-hybridized carbons (Fsp3) is 0. The highest BCUT2D eigenvalue weighted by Crippen LogP contribution is 2.16. The normalized spacial score (nSPS) is 10.6. The van der Waals surface area contributed by atoms with Gasteiger partial charge in [-0.05, 0) is 23.8 Å². The van der Waals surface area contributed by atoms with Gasteiger partial charge in [0.2, 0.25) is 5.91 Å². The molecule has 0 atom stereocenters. The molecule has 0 fully saturated rings. The first-order chi connectivity index (χ1) is 6.09. The number of carbonyl (C=O) groups is 1. The topological polar surface area (TPSA) is 43.1 Å². The van der Waals surface area contributed by atoms with Gasteiger partial charge in [-0.1, -0.05) is 17.7 Å². The molecule has 0 aliphatic heterocycles. The largest absolute Gasteiger partial charge is 0.366 e. The van der Waals surface area contributed by atoms with Crippen molar-refractivity contribution < 1.29 is 9.18 Å². The summed E-state index contributed by atoms with van der Waals surface area (Å²) in [6.07, 6.45) is 2.65. The maximum absolute atomic E-state index is 12.6. The maximum atomic E-state index is 12.6. The van der Waals surface area contributed by atoms with Crippen LogP contribution >= 0.6 is 11.6 Å². The molecule has 0 bridgehead atoms. The van der Waals surface area contributed by atoms with Gasteiger partial charge in [-0.3, -0.25) is 4.79 Å². The van der Waals surface area contributed by atoms with Crippen molar-refractivity contribution in [2.45, 2.75) is 0 Å². The highest BCUT2D eigenvalue weighted by Gasteiger charge is 1.98. The Morgan fingerprint density at radius 3 is 2.77 bits per heavy atom. The Balaban J connectivity index is 2.92. The van der Waals surface area contributed by atoms with Crippen LogP contribution in [0.25, 0.3) is 6.08 Å². The monoisotopic (exact) mass is 199 g/mol. The molecule has 4 heteroatoms. The fourth-order valence-electron chi connectivity index (χ4n) is 0.794. The van der Waals surface area contributed by atoms with Crippen molar-refractivity contribution in [3.8, 4) is 0 Å². The predicted octanol–water partition coefficient (Wildman–Crippen LogP) is 1.98. The highest BCUT2D eigenvalue weighted by atomic mass is 35.5. The van der Waals surface area contributed by atoms with Crippen molar-refractivity contribution in [2.75, 3.05) is 0 Å². The molecule has 0 unspecified atom stereocenters. The Hall–Kier alpha value is -1.35. The minimum Gasteiger partial charge on any atom is -0.366 e. The Morgan fingerprint density at radius 1 is 1.54 bits per heavy atom. The summed E-state index contributed by atoms with van der Waals surface area (Å²) in [7, 11) is 0. The summed E-state index contributed by atoms with van der Waals surface area (Å²) < 4.78 is 12.6. The summed E-state index contributed by atoms with van der Waals surface area (Å²) in [4.78, 5) is 10.4. The predicted molar refractivity (Wildman–Crippen MR) is 49.6 cm³/mol. The average Bonchev–Trinajstić information content (AvgIpc) is 2.07. The molecule has 1 rings (SSSR count). The third-order valence-electron chi connectivity index (χ3n) is 1.38. The van der Waals surface area contributed by atoms with Crippen LogP contribution in [-0.2, 0) is 4.79 Å². The van der Waals surface area contributed by atoms with E-state index in [1.807, 2.05) is 0 Å². The van der Waals surface area contributed by atoms with Crippen molar-refractivity contribution in [1.82, 2.24) is 0 Å². The van der Waals surface area contributed by atoms with E-state index >= 15 is 0 Å². The minimum absolute atomic E-state index is 0.0200. The van der Waals surface area contributed by atoms with Gasteiger partial charge in [0.25, 0.3) is 0 Å². The van der Waals surface area contributed by atoms with E-state index in [4.69, 9.17) is 17.3 Å². The first-order valence-corrected chi connectivity index (χ1v) is 3.90. The van der Waals surface area contributed by atoms with Gasteiger partial charge in [-0.25, -0.2) is 4.39 Å². The minimum atomic E-state index is -0.555. The highest BCUT2D eigenvalue weighted by molar-refractivity contribution is 6.30. The van der Waals surface area contributed by atoms with Crippen molar-refractivity contribution in [1.29, 1.82) is 0 Å². The molecule has 68 valence electrons. The molecule has 0 saturated heterocycles. The second kappa shape index (κ2) is 4.05. The van der Waals surface area contributed by atoms with Crippen molar-refractivity contribution in [3.63, 3.8) is 0 Å². The Morgan fingerprint density at radius 2 is 2.23 bits per heavy atom. The zero-order chi connectivity index (χ0) is 9.84. The van der Waals surface area contributed by atoms with Gasteiger partial charge in [0.05, 0.1) is 5.02 Å². The van der Waals surface area contributed by atoms with Crippen LogP contribution in [0.3, 0.4) is 0 Å². The molecular weight excluding hydrogens is 193 g/mol. The second-order valence-electron chi connectivity index (χ2n) is 2.41. The number of halogens is 2. The van der Waals surface area contributed by atoms with E-state index in [1.54, 1.807) is 0 Å². The van der Waals surface area contributed by atoms with E-state index in [1.165, 1.54) is 30.4 Å². The quantitative estimate of drug-likeness (QED) is 0.728. The van der Waals surface area contributed by atoms with Gasteiger partial charge < -0.3 is 5.73 Å². The van der Waals surface area contributed by atoms with E-state index in [9.17, 15) is 9.18 Å². The maximum Gasteiger partial charge on any atom is 0.241 e. The number of benzene rings is 1. The number of hydrogen-bond donors (Lipinski definition) is 1. The Kier molecular flexibility index (Phi) is 3.03. The van der Waals surface area contributed by atoms with Crippen molar-refractivity contribution in [2.24, 2.45) is 5.73 Å². The van der Waals surface area contributed by atoms with E-state index in [0.717, 1.165) is 0 Å². The van der Waals surface area contributed by atoms with Crippen LogP contribution in [0.5, 0.6) is 0 Å². The lowest BCUT2D eigenvalue weighted by Gasteiger charge is -1.95. The fourth-order valence-corrected chi connectivity index (χ4v) is 0.983. The summed E-state index contributed by atoms with van der Waals surface area (Å²) in [6.45, 7) is 0. The van der Waals surface area contributed by atoms with Crippen LogP contribution in [0.1, 0.15) is 5.56 Å². The molecule has 0 spiro atoms. The Bertz CT molecular complexity index is 363. The molecule has 2 nitrogen and oxygen atoms in total. The zero-order valence-corrected chi connectivity index (χ0v) is 7.38. The lowest BCUT2D eigenvalue weighted by molar-refractivity contribution is -0.113. The summed E-state index contributed by atoms with van der Waals surface area (Å²) >= 11 is 5.50. The number of hydrogen-bond acceptors (Lipinski definition) is 1. The molecular formula is C9H7ClFNO. The van der Waals surface area contributed by atoms with E-state index in [2.05, 4.69) is 0 Å². The molecule has 0 aliphatic carbocycles. The van der Waals surface area contributed by atoms with Crippen molar-refractivity contribution >= 4 is 23.6 Å². The third-order valence-corrected chi connectivity index (χ3v) is 1.67. The van der Waals surface area contributed by atoms with Gasteiger partial charge in [-0.15, -0.1) is 0 Å². The van der Waals surface area contributed by atoms with Gasteiger partial charge in [0, 0.05) is 6.08 Å². The van der Waals surface area contributed by atoms with E-state index < -0.39 is 11.7 Å². The van der Waals surface area contributed by atoms with E-state index in [0.29, 0.717) is 5.56 Å². The zero-order valence-electron chi connectivity index (χ0n) is 6.63. The third kappa shape index (κ3) is 2.87. The summed E-state index contributed by atoms with van der Waals surface area (Å²) in [5.41, 5.74) is 5.51.